The van der Waals surface area contributed by atoms with E-state index in [0.717, 1.165) is 0 Å². The van der Waals surface area contributed by atoms with E-state index in [0.29, 0.717) is 29.9 Å². The molecule has 0 saturated carbocycles. The van der Waals surface area contributed by atoms with Crippen LogP contribution in [0.15, 0.2) is 43.0 Å². The van der Waals surface area contributed by atoms with Gasteiger partial charge in [-0.25, -0.2) is 0 Å². The number of allylic oxidation sites excluding steroid dienone is 2. The van der Waals surface area contributed by atoms with E-state index < -0.39 is 11.5 Å². The standard InChI is InChI=1S/C21H28O5/c1-6-11-21(13-16(24-3)8-10-19(21)22)14(2)20(23)15-7-9-17(25-4)18(12-15)26-5/h6-10,12,14,16,20,23H,1,11,13H2,2-5H3/t14-,16+,20?,21-/m0/s1. The Morgan fingerprint density at radius 3 is 2.58 bits per heavy atom. The summed E-state index contributed by atoms with van der Waals surface area (Å²) in [5.41, 5.74) is -0.0843. The Labute approximate surface area is 155 Å². The molecule has 0 amide bonds. The monoisotopic (exact) mass is 360 g/mol. The average Bonchev–Trinajstić information content (AvgIpc) is 2.68. The smallest absolute Gasteiger partial charge is 0.162 e. The van der Waals surface area contributed by atoms with Gasteiger partial charge in [-0.2, -0.15) is 0 Å². The van der Waals surface area contributed by atoms with Gasteiger partial charge in [0, 0.05) is 12.5 Å². The average molecular weight is 360 g/mol. The van der Waals surface area contributed by atoms with E-state index in [2.05, 4.69) is 6.58 Å². The van der Waals surface area contributed by atoms with E-state index in [1.165, 1.54) is 0 Å². The number of carbonyl (C=O) groups is 1. The molecule has 1 aliphatic carbocycles. The molecule has 2 rings (SSSR count). The summed E-state index contributed by atoms with van der Waals surface area (Å²) in [4.78, 5) is 12.8. The van der Waals surface area contributed by atoms with Crippen molar-refractivity contribution < 1.29 is 24.1 Å². The molecule has 4 atom stereocenters. The van der Waals surface area contributed by atoms with Gasteiger partial charge in [0.05, 0.1) is 26.4 Å². The van der Waals surface area contributed by atoms with Gasteiger partial charge in [0.1, 0.15) is 0 Å². The molecule has 1 aromatic rings. The Hall–Kier alpha value is -2.11. The van der Waals surface area contributed by atoms with Crippen molar-refractivity contribution in [2.75, 3.05) is 21.3 Å². The number of aliphatic hydroxyl groups is 1. The summed E-state index contributed by atoms with van der Waals surface area (Å²) in [7, 11) is 4.74. The van der Waals surface area contributed by atoms with Gasteiger partial charge in [-0.15, -0.1) is 6.58 Å². The van der Waals surface area contributed by atoms with Gasteiger partial charge < -0.3 is 19.3 Å². The molecule has 1 N–H and O–H groups in total. The Balaban J connectivity index is 2.40. The summed E-state index contributed by atoms with van der Waals surface area (Å²) in [5, 5.41) is 11.0. The molecule has 142 valence electrons. The first-order valence-electron chi connectivity index (χ1n) is 8.69. The highest BCUT2D eigenvalue weighted by Gasteiger charge is 2.47. The second-order valence-corrected chi connectivity index (χ2v) is 6.70. The van der Waals surface area contributed by atoms with Gasteiger partial charge in [0.25, 0.3) is 0 Å². The maximum absolute atomic E-state index is 12.8. The Bertz CT molecular complexity index is 681. The van der Waals surface area contributed by atoms with E-state index in [9.17, 15) is 9.90 Å². The largest absolute Gasteiger partial charge is 0.493 e. The molecule has 5 heteroatoms. The summed E-state index contributed by atoms with van der Waals surface area (Å²) in [6.45, 7) is 5.71. The third-order valence-corrected chi connectivity index (χ3v) is 5.42. The van der Waals surface area contributed by atoms with Gasteiger partial charge >= 0.3 is 0 Å². The minimum Gasteiger partial charge on any atom is -0.493 e. The van der Waals surface area contributed by atoms with E-state index >= 15 is 0 Å². The SMILES string of the molecule is C=CC[C@@]1([C@@H](C)C(O)c2ccc(OC)c(OC)c2)C[C@H](OC)C=CC1=O. The fraction of sp³-hybridized carbons (Fsp3) is 0.476. The molecule has 0 bridgehead atoms. The molecule has 26 heavy (non-hydrogen) atoms. The van der Waals surface area contributed by atoms with Gasteiger partial charge in [-0.05, 0) is 42.5 Å². The molecule has 0 fully saturated rings. The molecule has 0 saturated heterocycles. The Morgan fingerprint density at radius 2 is 2.00 bits per heavy atom. The third-order valence-electron chi connectivity index (χ3n) is 5.42. The first kappa shape index (κ1) is 20.2. The highest BCUT2D eigenvalue weighted by Crippen LogP contribution is 2.47. The summed E-state index contributed by atoms with van der Waals surface area (Å²) in [5.74, 6) is 0.790. The molecular formula is C21H28O5. The van der Waals surface area contributed by atoms with Crippen molar-refractivity contribution in [3.8, 4) is 11.5 Å². The lowest BCUT2D eigenvalue weighted by Gasteiger charge is -2.42. The van der Waals surface area contributed by atoms with Gasteiger partial charge in [-0.3, -0.25) is 4.79 Å². The van der Waals surface area contributed by atoms with Crippen LogP contribution in [0.5, 0.6) is 11.5 Å². The van der Waals surface area contributed by atoms with Crippen LogP contribution >= 0.6 is 0 Å². The number of rotatable bonds is 8. The van der Waals surface area contributed by atoms with Gasteiger partial charge in [-0.1, -0.05) is 25.1 Å². The van der Waals surface area contributed by atoms with Crippen molar-refractivity contribution in [1.82, 2.24) is 0 Å². The summed E-state index contributed by atoms with van der Waals surface area (Å²) < 4.78 is 16.0. The van der Waals surface area contributed by atoms with Crippen LogP contribution in [0, 0.1) is 11.3 Å². The normalized spacial score (nSPS) is 24.8. The first-order chi connectivity index (χ1) is 12.4. The van der Waals surface area contributed by atoms with Crippen molar-refractivity contribution in [2.24, 2.45) is 11.3 Å². The number of carbonyl (C=O) groups excluding carboxylic acids is 1. The molecule has 5 nitrogen and oxygen atoms in total. The van der Waals surface area contributed by atoms with Crippen molar-refractivity contribution in [2.45, 2.75) is 32.0 Å². The van der Waals surface area contributed by atoms with Gasteiger partial charge in [0.2, 0.25) is 0 Å². The maximum atomic E-state index is 12.8. The molecule has 1 aliphatic rings. The van der Waals surface area contributed by atoms with E-state index in [1.54, 1.807) is 57.8 Å². The number of benzene rings is 1. The van der Waals surface area contributed by atoms with Crippen LogP contribution in [0.25, 0.3) is 0 Å². The van der Waals surface area contributed by atoms with Crippen LogP contribution in [0.3, 0.4) is 0 Å². The van der Waals surface area contributed by atoms with Crippen LogP contribution < -0.4 is 9.47 Å². The third kappa shape index (κ3) is 3.69. The van der Waals surface area contributed by atoms with Crippen LogP contribution in [0.1, 0.15) is 31.4 Å². The summed E-state index contributed by atoms with van der Waals surface area (Å²) >= 11 is 0. The highest BCUT2D eigenvalue weighted by atomic mass is 16.5. The summed E-state index contributed by atoms with van der Waals surface area (Å²) in [6, 6.07) is 5.30. The number of methoxy groups -OCH3 is 3. The lowest BCUT2D eigenvalue weighted by molar-refractivity contribution is -0.133. The highest BCUT2D eigenvalue weighted by molar-refractivity contribution is 5.96. The van der Waals surface area contributed by atoms with Crippen molar-refractivity contribution in [3.05, 3.63) is 48.6 Å². The van der Waals surface area contributed by atoms with Crippen molar-refractivity contribution in [1.29, 1.82) is 0 Å². The zero-order valence-electron chi connectivity index (χ0n) is 15.9. The Morgan fingerprint density at radius 1 is 1.31 bits per heavy atom. The molecule has 1 aromatic carbocycles. The molecule has 1 unspecified atom stereocenters. The molecule has 0 aromatic heterocycles. The van der Waals surface area contributed by atoms with E-state index in [1.807, 2.05) is 6.92 Å². The van der Waals surface area contributed by atoms with Crippen molar-refractivity contribution in [3.63, 3.8) is 0 Å². The van der Waals surface area contributed by atoms with E-state index in [4.69, 9.17) is 14.2 Å². The molecular weight excluding hydrogens is 332 g/mol. The zero-order chi connectivity index (χ0) is 19.3. The molecule has 0 radical (unpaired) electrons. The quantitative estimate of drug-likeness (QED) is 0.719. The fourth-order valence-electron chi connectivity index (χ4n) is 3.72. The van der Waals surface area contributed by atoms with Gasteiger partial charge in [0.15, 0.2) is 17.3 Å². The molecule has 0 aliphatic heterocycles. The first-order valence-corrected chi connectivity index (χ1v) is 8.69. The number of hydrogen-bond acceptors (Lipinski definition) is 5. The number of ketones is 1. The van der Waals surface area contributed by atoms with Crippen LogP contribution in [-0.4, -0.2) is 38.3 Å². The summed E-state index contributed by atoms with van der Waals surface area (Å²) in [6.07, 6.45) is 5.06. The van der Waals surface area contributed by atoms with Crippen LogP contribution in [0.4, 0.5) is 0 Å². The minimum absolute atomic E-state index is 0.00210. The lowest BCUT2D eigenvalue weighted by atomic mass is 9.62. The molecule has 0 spiro atoms. The molecule has 0 heterocycles. The lowest BCUT2D eigenvalue weighted by Crippen LogP contribution is -2.44. The second kappa shape index (κ2) is 8.52. The number of hydrogen-bond donors (Lipinski definition) is 1. The number of aliphatic hydroxyl groups excluding tert-OH is 1. The zero-order valence-corrected chi connectivity index (χ0v) is 15.9. The van der Waals surface area contributed by atoms with Crippen LogP contribution in [0.2, 0.25) is 0 Å². The topological polar surface area (TPSA) is 65.0 Å². The fourth-order valence-corrected chi connectivity index (χ4v) is 3.72. The van der Waals surface area contributed by atoms with Crippen molar-refractivity contribution >= 4 is 5.78 Å². The minimum atomic E-state index is -0.845. The van der Waals surface area contributed by atoms with E-state index in [-0.39, 0.29) is 17.8 Å². The predicted molar refractivity (Wildman–Crippen MR) is 100 cm³/mol. The predicted octanol–water partition coefficient (Wildman–Crippen LogP) is 3.48. The Kier molecular flexibility index (Phi) is 6.62. The maximum Gasteiger partial charge on any atom is 0.162 e. The second-order valence-electron chi connectivity index (χ2n) is 6.70. The number of ether oxygens (including phenoxy) is 3. The van der Waals surface area contributed by atoms with Crippen LogP contribution in [-0.2, 0) is 9.53 Å².